The molecule has 14 heavy (non-hydrogen) atoms. The van der Waals surface area contributed by atoms with Crippen LogP contribution in [0.25, 0.3) is 0 Å². The first-order chi connectivity index (χ1) is 6.79. The number of halogens is 1. The number of aromatic nitrogens is 2. The highest BCUT2D eigenvalue weighted by Crippen LogP contribution is 2.45. The first-order valence-corrected chi connectivity index (χ1v) is 5.88. The molecule has 0 atom stereocenters. The van der Waals surface area contributed by atoms with Crippen LogP contribution in [-0.4, -0.2) is 9.55 Å². The van der Waals surface area contributed by atoms with E-state index in [1.807, 2.05) is 12.5 Å². The van der Waals surface area contributed by atoms with Gasteiger partial charge < -0.3 is 4.57 Å². The predicted octanol–water partition coefficient (Wildman–Crippen LogP) is 3.20. The lowest BCUT2D eigenvalue weighted by Crippen LogP contribution is -2.33. The Labute approximate surface area is 90.3 Å². The Hall–Kier alpha value is -0.500. The molecule has 0 N–H and O–H groups in total. The summed E-state index contributed by atoms with van der Waals surface area (Å²) < 4.78 is 2.22. The van der Waals surface area contributed by atoms with Crippen molar-refractivity contribution in [2.24, 2.45) is 5.41 Å². The normalized spacial score (nSPS) is 19.3. The summed E-state index contributed by atoms with van der Waals surface area (Å²) in [4.78, 5) is 4.15. The van der Waals surface area contributed by atoms with Gasteiger partial charge in [0.1, 0.15) is 0 Å². The first kappa shape index (κ1) is 10.0. The van der Waals surface area contributed by atoms with Crippen LogP contribution < -0.4 is 0 Å². The Bertz CT molecular complexity index is 296. The summed E-state index contributed by atoms with van der Waals surface area (Å²) in [5.74, 6) is 0.569. The number of rotatable bonds is 4. The molecule has 1 aromatic heterocycles. The highest BCUT2D eigenvalue weighted by atomic mass is 35.5. The van der Waals surface area contributed by atoms with Gasteiger partial charge in [-0.15, -0.1) is 11.6 Å². The van der Waals surface area contributed by atoms with E-state index in [4.69, 9.17) is 11.6 Å². The Morgan fingerprint density at radius 3 is 2.86 bits per heavy atom. The fraction of sp³-hybridized carbons (Fsp3) is 0.727. The SMILES string of the molecule is CCC1(Cn2cncc2CCl)CCC1. The topological polar surface area (TPSA) is 17.8 Å². The Balaban J connectivity index is 2.09. The van der Waals surface area contributed by atoms with Crippen molar-refractivity contribution in [1.82, 2.24) is 9.55 Å². The van der Waals surface area contributed by atoms with Gasteiger partial charge in [0, 0.05) is 12.7 Å². The number of hydrogen-bond donors (Lipinski definition) is 0. The highest BCUT2D eigenvalue weighted by Gasteiger charge is 2.35. The second kappa shape index (κ2) is 3.93. The molecule has 1 fully saturated rings. The van der Waals surface area contributed by atoms with Gasteiger partial charge in [-0.25, -0.2) is 4.98 Å². The minimum absolute atomic E-state index is 0.543. The van der Waals surface area contributed by atoms with Gasteiger partial charge >= 0.3 is 0 Å². The van der Waals surface area contributed by atoms with Crippen LogP contribution in [-0.2, 0) is 12.4 Å². The predicted molar refractivity (Wildman–Crippen MR) is 58.4 cm³/mol. The molecule has 3 heteroatoms. The minimum Gasteiger partial charge on any atom is -0.333 e. The summed E-state index contributed by atoms with van der Waals surface area (Å²) in [6, 6.07) is 0. The van der Waals surface area contributed by atoms with Crippen molar-refractivity contribution in [3.63, 3.8) is 0 Å². The highest BCUT2D eigenvalue weighted by molar-refractivity contribution is 6.16. The molecule has 0 amide bonds. The van der Waals surface area contributed by atoms with Crippen LogP contribution in [0.5, 0.6) is 0 Å². The van der Waals surface area contributed by atoms with E-state index in [-0.39, 0.29) is 0 Å². The average Bonchev–Trinajstić information content (AvgIpc) is 2.58. The molecular formula is C11H17ClN2. The Morgan fingerprint density at radius 1 is 1.57 bits per heavy atom. The van der Waals surface area contributed by atoms with Gasteiger partial charge in [0.25, 0.3) is 0 Å². The van der Waals surface area contributed by atoms with E-state index in [9.17, 15) is 0 Å². The number of imidazole rings is 1. The van der Waals surface area contributed by atoms with Crippen molar-refractivity contribution in [1.29, 1.82) is 0 Å². The molecule has 0 radical (unpaired) electrons. The summed E-state index contributed by atoms with van der Waals surface area (Å²) in [7, 11) is 0. The van der Waals surface area contributed by atoms with Crippen molar-refractivity contribution in [2.45, 2.75) is 45.0 Å². The molecule has 0 aromatic carbocycles. The van der Waals surface area contributed by atoms with Crippen LogP contribution in [0.15, 0.2) is 12.5 Å². The van der Waals surface area contributed by atoms with Gasteiger partial charge in [0.2, 0.25) is 0 Å². The minimum atomic E-state index is 0.543. The van der Waals surface area contributed by atoms with Crippen LogP contribution in [0.4, 0.5) is 0 Å². The maximum atomic E-state index is 5.85. The summed E-state index contributed by atoms with van der Waals surface area (Å²) >= 11 is 5.85. The zero-order valence-electron chi connectivity index (χ0n) is 8.67. The van der Waals surface area contributed by atoms with Crippen LogP contribution >= 0.6 is 11.6 Å². The fourth-order valence-corrected chi connectivity index (χ4v) is 2.49. The summed E-state index contributed by atoms with van der Waals surface area (Å²) in [5, 5.41) is 0. The summed E-state index contributed by atoms with van der Waals surface area (Å²) in [6.45, 7) is 3.39. The van der Waals surface area contributed by atoms with Crippen molar-refractivity contribution in [2.75, 3.05) is 0 Å². The number of alkyl halides is 1. The maximum absolute atomic E-state index is 5.85. The van der Waals surface area contributed by atoms with Crippen LogP contribution in [0.2, 0.25) is 0 Å². The largest absolute Gasteiger partial charge is 0.333 e. The monoisotopic (exact) mass is 212 g/mol. The van der Waals surface area contributed by atoms with E-state index >= 15 is 0 Å². The molecule has 2 rings (SSSR count). The molecule has 0 spiro atoms. The summed E-state index contributed by atoms with van der Waals surface area (Å²) in [5.41, 5.74) is 1.69. The van der Waals surface area contributed by atoms with Gasteiger partial charge in [-0.1, -0.05) is 13.3 Å². The maximum Gasteiger partial charge on any atom is 0.0948 e. The van der Waals surface area contributed by atoms with Gasteiger partial charge in [0.05, 0.1) is 17.9 Å². The molecule has 0 bridgehead atoms. The lowest BCUT2D eigenvalue weighted by atomic mass is 9.67. The lowest BCUT2D eigenvalue weighted by molar-refractivity contribution is 0.0994. The molecule has 1 heterocycles. The zero-order chi connectivity index (χ0) is 10.0. The molecule has 78 valence electrons. The molecule has 0 unspecified atom stereocenters. The Kier molecular flexibility index (Phi) is 2.82. The molecule has 1 aromatic rings. The van der Waals surface area contributed by atoms with Gasteiger partial charge in [0.15, 0.2) is 0 Å². The molecular weight excluding hydrogens is 196 g/mol. The fourth-order valence-electron chi connectivity index (χ4n) is 2.26. The third kappa shape index (κ3) is 1.68. The Morgan fingerprint density at radius 2 is 2.36 bits per heavy atom. The molecule has 1 aliphatic carbocycles. The van der Waals surface area contributed by atoms with Crippen LogP contribution in [0, 0.1) is 5.41 Å². The third-order valence-corrected chi connectivity index (χ3v) is 3.88. The molecule has 0 saturated heterocycles. The zero-order valence-corrected chi connectivity index (χ0v) is 9.43. The molecule has 2 nitrogen and oxygen atoms in total. The molecule has 1 aliphatic rings. The number of hydrogen-bond acceptors (Lipinski definition) is 1. The van der Waals surface area contributed by atoms with E-state index in [1.54, 1.807) is 0 Å². The second-order valence-corrected chi connectivity index (χ2v) is 4.62. The van der Waals surface area contributed by atoms with Crippen molar-refractivity contribution >= 4 is 11.6 Å². The third-order valence-electron chi connectivity index (χ3n) is 3.61. The van der Waals surface area contributed by atoms with E-state index in [0.717, 1.165) is 12.2 Å². The van der Waals surface area contributed by atoms with E-state index < -0.39 is 0 Å². The van der Waals surface area contributed by atoms with Gasteiger partial charge in [-0.2, -0.15) is 0 Å². The van der Waals surface area contributed by atoms with Crippen LogP contribution in [0.3, 0.4) is 0 Å². The number of nitrogens with zero attached hydrogens (tertiary/aromatic N) is 2. The van der Waals surface area contributed by atoms with Gasteiger partial charge in [-0.05, 0) is 24.7 Å². The quantitative estimate of drug-likeness (QED) is 0.701. The molecule has 1 saturated carbocycles. The average molecular weight is 213 g/mol. The van der Waals surface area contributed by atoms with Crippen LogP contribution in [0.1, 0.15) is 38.3 Å². The first-order valence-electron chi connectivity index (χ1n) is 5.35. The van der Waals surface area contributed by atoms with Crippen molar-refractivity contribution in [3.05, 3.63) is 18.2 Å². The summed E-state index contributed by atoms with van der Waals surface area (Å²) in [6.07, 6.45) is 9.17. The molecule has 0 aliphatic heterocycles. The standard InChI is InChI=1S/C11H17ClN2/c1-2-11(4-3-5-11)8-14-9-13-7-10(14)6-12/h7,9H,2-6,8H2,1H3. The van der Waals surface area contributed by atoms with Gasteiger partial charge in [-0.3, -0.25) is 0 Å². The van der Waals surface area contributed by atoms with E-state index in [0.29, 0.717) is 11.3 Å². The lowest BCUT2D eigenvalue weighted by Gasteiger charge is -2.41. The smallest absolute Gasteiger partial charge is 0.0948 e. The van der Waals surface area contributed by atoms with Crippen molar-refractivity contribution < 1.29 is 0 Å². The van der Waals surface area contributed by atoms with Crippen molar-refractivity contribution in [3.8, 4) is 0 Å². The van der Waals surface area contributed by atoms with E-state index in [1.165, 1.54) is 25.7 Å². The second-order valence-electron chi connectivity index (χ2n) is 4.35. The van der Waals surface area contributed by atoms with E-state index in [2.05, 4.69) is 16.5 Å².